The molecule has 0 heterocycles. The van der Waals surface area contributed by atoms with Crippen molar-refractivity contribution in [1.82, 2.24) is 0 Å². The number of hydrogen-bond donors (Lipinski definition) is 0. The van der Waals surface area contributed by atoms with Gasteiger partial charge in [-0.15, -0.1) is 11.8 Å². The van der Waals surface area contributed by atoms with Gasteiger partial charge in [-0.05, 0) is 19.1 Å². The van der Waals surface area contributed by atoms with Crippen LogP contribution >= 0.6 is 11.8 Å². The second-order valence-corrected chi connectivity index (χ2v) is 3.97. The minimum atomic E-state index is -0.258. The molecule has 0 amide bonds. The molecule has 3 nitrogen and oxygen atoms in total. The third kappa shape index (κ3) is 9.65. The maximum atomic E-state index is 10.8. The van der Waals surface area contributed by atoms with Gasteiger partial charge in [0.2, 0.25) is 0 Å². The number of ether oxygens (including phenoxy) is 1. The molecule has 13 heavy (non-hydrogen) atoms. The van der Waals surface area contributed by atoms with E-state index in [2.05, 4.69) is 0 Å². The normalized spacial score (nSPS) is 10.8. The SMILES string of the molecule is CC=CC(=O)OCCCSCO[SiH3]. The number of rotatable bonds is 7. The van der Waals surface area contributed by atoms with Crippen LogP contribution in [0, 0.1) is 0 Å². The lowest BCUT2D eigenvalue weighted by molar-refractivity contribution is -0.137. The molecular formula is C8H16O3SSi. The van der Waals surface area contributed by atoms with E-state index in [-0.39, 0.29) is 5.97 Å². The molecule has 0 rings (SSSR count). The second-order valence-electron chi connectivity index (χ2n) is 2.34. The van der Waals surface area contributed by atoms with Gasteiger partial charge in [0, 0.05) is 6.08 Å². The number of allylic oxidation sites excluding steroid dienone is 1. The van der Waals surface area contributed by atoms with Crippen molar-refractivity contribution in [2.45, 2.75) is 13.3 Å². The first-order valence-electron chi connectivity index (χ1n) is 4.17. The lowest BCUT2D eigenvalue weighted by atomic mass is 10.5. The highest BCUT2D eigenvalue weighted by Gasteiger charge is 1.95. The standard InChI is InChI=1S/C8H16O3SSi/c1-2-4-8(9)10-5-3-6-12-7-11-13/h2,4H,3,5-7H2,1,13H3. The lowest BCUT2D eigenvalue weighted by Crippen LogP contribution is -2.03. The van der Waals surface area contributed by atoms with E-state index in [1.807, 2.05) is 0 Å². The summed E-state index contributed by atoms with van der Waals surface area (Å²) in [5.74, 6) is 1.48. The quantitative estimate of drug-likeness (QED) is 0.206. The van der Waals surface area contributed by atoms with Gasteiger partial charge in [-0.25, -0.2) is 4.79 Å². The Morgan fingerprint density at radius 1 is 1.62 bits per heavy atom. The Labute approximate surface area is 86.4 Å². The largest absolute Gasteiger partial charge is 0.463 e. The predicted octanol–water partition coefficient (Wildman–Crippen LogP) is 0.483. The molecule has 0 aliphatic heterocycles. The average Bonchev–Trinajstić information content (AvgIpc) is 2.11. The minimum absolute atomic E-state index is 0.258. The van der Waals surface area contributed by atoms with Crippen LogP contribution in [0.3, 0.4) is 0 Å². The molecule has 0 saturated heterocycles. The van der Waals surface area contributed by atoms with E-state index in [1.54, 1.807) is 24.8 Å². The molecule has 0 aromatic carbocycles. The highest BCUT2D eigenvalue weighted by Crippen LogP contribution is 2.01. The maximum Gasteiger partial charge on any atom is 0.330 e. The summed E-state index contributed by atoms with van der Waals surface area (Å²) in [6.07, 6.45) is 3.99. The number of carbonyl (C=O) groups is 1. The second kappa shape index (κ2) is 9.82. The topological polar surface area (TPSA) is 35.5 Å². The summed E-state index contributed by atoms with van der Waals surface area (Å²) in [5, 5.41) is 0. The van der Waals surface area contributed by atoms with Gasteiger partial charge in [0.25, 0.3) is 0 Å². The summed E-state index contributed by atoms with van der Waals surface area (Å²) in [7, 11) is 0.791. The molecule has 0 fully saturated rings. The molecule has 0 atom stereocenters. The average molecular weight is 220 g/mol. The molecule has 0 bridgehead atoms. The number of esters is 1. The van der Waals surface area contributed by atoms with Crippen molar-refractivity contribution < 1.29 is 14.0 Å². The summed E-state index contributed by atoms with van der Waals surface area (Å²) in [5.41, 5.74) is 0. The molecule has 76 valence electrons. The monoisotopic (exact) mass is 220 g/mol. The van der Waals surface area contributed by atoms with Gasteiger partial charge in [0.15, 0.2) is 0 Å². The first-order chi connectivity index (χ1) is 6.31. The molecular weight excluding hydrogens is 204 g/mol. The molecule has 0 aromatic rings. The minimum Gasteiger partial charge on any atom is -0.463 e. The van der Waals surface area contributed by atoms with Gasteiger partial charge in [-0.1, -0.05) is 6.08 Å². The van der Waals surface area contributed by atoms with Gasteiger partial charge in [-0.2, -0.15) is 0 Å². The van der Waals surface area contributed by atoms with Crippen molar-refractivity contribution in [2.75, 3.05) is 18.3 Å². The smallest absolute Gasteiger partial charge is 0.330 e. The highest BCUT2D eigenvalue weighted by molar-refractivity contribution is 7.99. The van der Waals surface area contributed by atoms with E-state index in [0.29, 0.717) is 6.61 Å². The Bertz CT molecular complexity index is 161. The molecule has 0 N–H and O–H groups in total. The first-order valence-corrected chi connectivity index (χ1v) is 6.14. The van der Waals surface area contributed by atoms with Crippen molar-refractivity contribution in [3.63, 3.8) is 0 Å². The van der Waals surface area contributed by atoms with Crippen molar-refractivity contribution in [1.29, 1.82) is 0 Å². The Balaban J connectivity index is 3.11. The van der Waals surface area contributed by atoms with Crippen LogP contribution in [0.1, 0.15) is 13.3 Å². The fourth-order valence-electron chi connectivity index (χ4n) is 0.660. The Morgan fingerprint density at radius 2 is 2.38 bits per heavy atom. The highest BCUT2D eigenvalue weighted by atomic mass is 32.2. The molecule has 0 aliphatic rings. The maximum absolute atomic E-state index is 10.8. The zero-order valence-electron chi connectivity index (χ0n) is 8.12. The summed E-state index contributed by atoms with van der Waals surface area (Å²) >= 11 is 1.72. The van der Waals surface area contributed by atoms with Gasteiger partial charge >= 0.3 is 5.97 Å². The fourth-order valence-corrected chi connectivity index (χ4v) is 1.77. The zero-order chi connectivity index (χ0) is 9.94. The van der Waals surface area contributed by atoms with Crippen LogP contribution in [0.25, 0.3) is 0 Å². The van der Waals surface area contributed by atoms with E-state index in [4.69, 9.17) is 9.16 Å². The van der Waals surface area contributed by atoms with Crippen molar-refractivity contribution >= 4 is 28.2 Å². The Hall–Kier alpha value is -0.263. The third-order valence-corrected chi connectivity index (χ3v) is 2.87. The van der Waals surface area contributed by atoms with Crippen molar-refractivity contribution in [3.05, 3.63) is 12.2 Å². The van der Waals surface area contributed by atoms with Crippen molar-refractivity contribution in [2.24, 2.45) is 0 Å². The first kappa shape index (κ1) is 12.7. The summed E-state index contributed by atoms with van der Waals surface area (Å²) in [6.45, 7) is 2.29. The van der Waals surface area contributed by atoms with E-state index in [0.717, 1.165) is 28.6 Å². The number of hydrogen-bond acceptors (Lipinski definition) is 4. The Kier molecular flexibility index (Phi) is 9.62. The van der Waals surface area contributed by atoms with Crippen molar-refractivity contribution in [3.8, 4) is 0 Å². The molecule has 0 saturated carbocycles. The molecule has 5 heteroatoms. The van der Waals surface area contributed by atoms with E-state index >= 15 is 0 Å². The van der Waals surface area contributed by atoms with Crippen LogP contribution in [0.2, 0.25) is 0 Å². The van der Waals surface area contributed by atoms with Gasteiger partial charge < -0.3 is 9.16 Å². The third-order valence-electron chi connectivity index (χ3n) is 1.18. The van der Waals surface area contributed by atoms with Gasteiger partial charge in [0.1, 0.15) is 10.5 Å². The van der Waals surface area contributed by atoms with Crippen LogP contribution < -0.4 is 0 Å². The van der Waals surface area contributed by atoms with Crippen LogP contribution in [0.15, 0.2) is 12.2 Å². The fraction of sp³-hybridized carbons (Fsp3) is 0.625. The van der Waals surface area contributed by atoms with Gasteiger partial charge in [-0.3, -0.25) is 0 Å². The van der Waals surface area contributed by atoms with E-state index in [9.17, 15) is 4.79 Å². The summed E-state index contributed by atoms with van der Waals surface area (Å²) in [6, 6.07) is 0. The molecule has 0 aliphatic carbocycles. The van der Waals surface area contributed by atoms with Crippen LogP contribution in [-0.4, -0.2) is 34.8 Å². The molecule has 0 spiro atoms. The molecule has 0 radical (unpaired) electrons. The van der Waals surface area contributed by atoms with Crippen LogP contribution in [-0.2, 0) is 14.0 Å². The van der Waals surface area contributed by atoms with Crippen LogP contribution in [0.4, 0.5) is 0 Å². The molecule has 0 unspecified atom stereocenters. The Morgan fingerprint density at radius 3 is 3.00 bits per heavy atom. The van der Waals surface area contributed by atoms with Gasteiger partial charge in [0.05, 0.1) is 12.5 Å². The predicted molar refractivity (Wildman–Crippen MR) is 58.7 cm³/mol. The summed E-state index contributed by atoms with van der Waals surface area (Å²) in [4.78, 5) is 10.8. The zero-order valence-corrected chi connectivity index (χ0v) is 10.9. The molecule has 0 aromatic heterocycles. The van der Waals surface area contributed by atoms with Crippen LogP contribution in [0.5, 0.6) is 0 Å². The lowest BCUT2D eigenvalue weighted by Gasteiger charge is -2.01. The number of thioether (sulfide) groups is 1. The number of carbonyl (C=O) groups excluding carboxylic acids is 1. The van der Waals surface area contributed by atoms with E-state index < -0.39 is 0 Å². The summed E-state index contributed by atoms with van der Waals surface area (Å²) < 4.78 is 9.88. The van der Waals surface area contributed by atoms with E-state index in [1.165, 1.54) is 6.08 Å².